The number of methoxy groups -OCH3 is 2. The highest BCUT2D eigenvalue weighted by Crippen LogP contribution is 2.40. The van der Waals surface area contributed by atoms with E-state index in [4.69, 9.17) is 25.5 Å². The van der Waals surface area contributed by atoms with E-state index in [2.05, 4.69) is 0 Å². The van der Waals surface area contributed by atoms with Crippen LogP contribution in [0, 0.1) is 0 Å². The molecular weight excluding hydrogens is 370 g/mol. The molecule has 2 aromatic carbocycles. The molecule has 2 heterocycles. The van der Waals surface area contributed by atoms with E-state index >= 15 is 0 Å². The molecule has 0 saturated heterocycles. The highest BCUT2D eigenvalue weighted by Gasteiger charge is 2.41. The van der Waals surface area contributed by atoms with Crippen molar-refractivity contribution in [2.45, 2.75) is 6.04 Å². The van der Waals surface area contributed by atoms with Crippen LogP contribution < -0.4 is 14.9 Å². The zero-order chi connectivity index (χ0) is 19.3. The van der Waals surface area contributed by atoms with Gasteiger partial charge in [-0.1, -0.05) is 17.7 Å². The molecule has 1 amide bonds. The van der Waals surface area contributed by atoms with Gasteiger partial charge in [0.2, 0.25) is 5.76 Å². The van der Waals surface area contributed by atoms with Crippen molar-refractivity contribution in [2.75, 3.05) is 21.3 Å². The third-order valence-corrected chi connectivity index (χ3v) is 5.02. The molecule has 1 aliphatic heterocycles. The lowest BCUT2D eigenvalue weighted by molar-refractivity contribution is 0.0771. The van der Waals surface area contributed by atoms with Crippen LogP contribution in [0.3, 0.4) is 0 Å². The summed E-state index contributed by atoms with van der Waals surface area (Å²) in [6.45, 7) is 0. The van der Waals surface area contributed by atoms with Crippen LogP contribution in [0.5, 0.6) is 11.5 Å². The van der Waals surface area contributed by atoms with Crippen LogP contribution in [-0.4, -0.2) is 32.1 Å². The molecule has 27 heavy (non-hydrogen) atoms. The van der Waals surface area contributed by atoms with Crippen molar-refractivity contribution in [3.05, 3.63) is 68.5 Å². The third kappa shape index (κ3) is 2.56. The number of halogens is 1. The minimum Gasteiger partial charge on any atom is -0.493 e. The van der Waals surface area contributed by atoms with E-state index in [-0.39, 0.29) is 17.1 Å². The van der Waals surface area contributed by atoms with Gasteiger partial charge >= 0.3 is 0 Å². The highest BCUT2D eigenvalue weighted by molar-refractivity contribution is 6.31. The highest BCUT2D eigenvalue weighted by atomic mass is 35.5. The fraction of sp³-hybridized carbons (Fsp3) is 0.200. The molecule has 0 unspecified atom stereocenters. The van der Waals surface area contributed by atoms with Gasteiger partial charge in [0.25, 0.3) is 5.91 Å². The molecule has 4 rings (SSSR count). The Labute approximate surface area is 159 Å². The Balaban J connectivity index is 1.98. The van der Waals surface area contributed by atoms with Crippen molar-refractivity contribution in [3.63, 3.8) is 0 Å². The summed E-state index contributed by atoms with van der Waals surface area (Å²) in [5.41, 5.74) is 1.07. The topological polar surface area (TPSA) is 69.0 Å². The molecule has 1 aliphatic rings. The molecule has 0 bridgehead atoms. The number of hydrogen-bond acceptors (Lipinski definition) is 5. The molecule has 1 aromatic heterocycles. The van der Waals surface area contributed by atoms with E-state index in [0.717, 1.165) is 5.56 Å². The van der Waals surface area contributed by atoms with Gasteiger partial charge in [-0.15, -0.1) is 0 Å². The van der Waals surface area contributed by atoms with Gasteiger partial charge in [-0.05, 0) is 35.9 Å². The van der Waals surface area contributed by atoms with E-state index < -0.39 is 6.04 Å². The van der Waals surface area contributed by atoms with Gasteiger partial charge in [-0.2, -0.15) is 0 Å². The Morgan fingerprint density at radius 1 is 1.04 bits per heavy atom. The summed E-state index contributed by atoms with van der Waals surface area (Å²) >= 11 is 6.04. The number of benzene rings is 2. The Bertz CT molecular complexity index is 1140. The van der Waals surface area contributed by atoms with E-state index in [9.17, 15) is 9.59 Å². The lowest BCUT2D eigenvalue weighted by Gasteiger charge is -2.21. The second-order valence-corrected chi connectivity index (χ2v) is 6.68. The van der Waals surface area contributed by atoms with Crippen LogP contribution >= 0.6 is 11.6 Å². The van der Waals surface area contributed by atoms with Gasteiger partial charge in [-0.3, -0.25) is 9.59 Å². The number of fused-ring (bicyclic) bond motifs is 2. The summed E-state index contributed by atoms with van der Waals surface area (Å²) in [6.07, 6.45) is 0. The number of nitrogens with zero attached hydrogens (tertiary/aromatic N) is 1. The lowest BCUT2D eigenvalue weighted by Crippen LogP contribution is -2.25. The SMILES string of the molecule is COc1ccc([C@@H]2c3c(oc4ccc(Cl)cc4c3=O)C(=O)N2C)cc1OC. The van der Waals surface area contributed by atoms with Crippen LogP contribution in [0.4, 0.5) is 0 Å². The fourth-order valence-corrected chi connectivity index (χ4v) is 3.65. The number of ether oxygens (including phenoxy) is 2. The molecule has 0 saturated carbocycles. The standard InChI is InChI=1S/C20H16ClNO5/c1-22-17(10-4-6-14(25-2)15(8-10)26-3)16-18(23)12-9-11(21)5-7-13(12)27-19(16)20(22)24/h4-9,17H,1-3H3/t17-/m1/s1. The first-order valence-electron chi connectivity index (χ1n) is 8.21. The molecule has 0 fully saturated rings. The number of rotatable bonds is 3. The maximum atomic E-state index is 13.2. The van der Waals surface area contributed by atoms with Crippen molar-refractivity contribution in [1.82, 2.24) is 4.90 Å². The largest absolute Gasteiger partial charge is 0.493 e. The average Bonchev–Trinajstić information content (AvgIpc) is 2.93. The number of amides is 1. The minimum atomic E-state index is -0.591. The van der Waals surface area contributed by atoms with Gasteiger partial charge < -0.3 is 18.8 Å². The van der Waals surface area contributed by atoms with Crippen molar-refractivity contribution in [3.8, 4) is 11.5 Å². The molecule has 0 N–H and O–H groups in total. The van der Waals surface area contributed by atoms with Crippen LogP contribution in [0.25, 0.3) is 11.0 Å². The Hall–Kier alpha value is -2.99. The summed E-state index contributed by atoms with van der Waals surface area (Å²) in [7, 11) is 4.71. The molecule has 0 aliphatic carbocycles. The van der Waals surface area contributed by atoms with Crippen LogP contribution in [0.1, 0.15) is 27.7 Å². The summed E-state index contributed by atoms with van der Waals surface area (Å²) in [4.78, 5) is 27.4. The molecule has 138 valence electrons. The number of carbonyl (C=O) groups excluding carboxylic acids is 1. The van der Waals surface area contributed by atoms with Crippen molar-refractivity contribution >= 4 is 28.5 Å². The predicted molar refractivity (Wildman–Crippen MR) is 101 cm³/mol. The van der Waals surface area contributed by atoms with Gasteiger partial charge in [0.15, 0.2) is 16.9 Å². The lowest BCUT2D eigenvalue weighted by atomic mass is 9.98. The van der Waals surface area contributed by atoms with Crippen LogP contribution in [0.2, 0.25) is 5.02 Å². The van der Waals surface area contributed by atoms with Crippen molar-refractivity contribution in [1.29, 1.82) is 0 Å². The first kappa shape index (κ1) is 17.4. The molecule has 0 radical (unpaired) electrons. The Morgan fingerprint density at radius 2 is 1.78 bits per heavy atom. The molecule has 1 atom stereocenters. The predicted octanol–water partition coefficient (Wildman–Crippen LogP) is 3.64. The second kappa shape index (κ2) is 6.32. The maximum absolute atomic E-state index is 13.2. The molecule has 3 aromatic rings. The first-order valence-corrected chi connectivity index (χ1v) is 8.59. The molecular formula is C20H16ClNO5. The number of hydrogen-bond donors (Lipinski definition) is 0. The summed E-state index contributed by atoms with van der Waals surface area (Å²) < 4.78 is 16.4. The van der Waals surface area contributed by atoms with Crippen LogP contribution in [0.15, 0.2) is 45.6 Å². The van der Waals surface area contributed by atoms with Gasteiger partial charge in [0.05, 0.1) is 31.2 Å². The minimum absolute atomic E-state index is 0.0529. The zero-order valence-corrected chi connectivity index (χ0v) is 15.7. The quantitative estimate of drug-likeness (QED) is 0.688. The monoisotopic (exact) mass is 385 g/mol. The van der Waals surface area contributed by atoms with Crippen LogP contribution in [-0.2, 0) is 0 Å². The second-order valence-electron chi connectivity index (χ2n) is 6.25. The van der Waals surface area contributed by atoms with Crippen molar-refractivity contribution < 1.29 is 18.7 Å². The Kier molecular flexibility index (Phi) is 4.08. The average molecular weight is 386 g/mol. The third-order valence-electron chi connectivity index (χ3n) is 4.79. The fourth-order valence-electron chi connectivity index (χ4n) is 3.47. The maximum Gasteiger partial charge on any atom is 0.290 e. The molecule has 6 nitrogen and oxygen atoms in total. The Morgan fingerprint density at radius 3 is 2.48 bits per heavy atom. The first-order chi connectivity index (χ1) is 13.0. The molecule has 0 spiro atoms. The van der Waals surface area contributed by atoms with Crippen molar-refractivity contribution in [2.24, 2.45) is 0 Å². The zero-order valence-electron chi connectivity index (χ0n) is 14.9. The van der Waals surface area contributed by atoms with E-state index in [0.29, 0.717) is 33.1 Å². The summed E-state index contributed by atoms with van der Waals surface area (Å²) in [5.74, 6) is 0.777. The van der Waals surface area contributed by atoms with Gasteiger partial charge in [0, 0.05) is 12.1 Å². The van der Waals surface area contributed by atoms with E-state index in [1.807, 2.05) is 0 Å². The normalized spacial score (nSPS) is 15.9. The van der Waals surface area contributed by atoms with Gasteiger partial charge in [0.1, 0.15) is 5.58 Å². The van der Waals surface area contributed by atoms with E-state index in [1.54, 1.807) is 50.6 Å². The number of carbonyl (C=O) groups is 1. The summed E-state index contributed by atoms with van der Waals surface area (Å²) in [5, 5.41) is 0.768. The van der Waals surface area contributed by atoms with E-state index in [1.165, 1.54) is 12.0 Å². The molecule has 7 heteroatoms. The summed E-state index contributed by atoms with van der Waals surface area (Å²) in [6, 6.07) is 9.47. The van der Waals surface area contributed by atoms with Gasteiger partial charge in [-0.25, -0.2) is 0 Å². The smallest absolute Gasteiger partial charge is 0.290 e.